The molecule has 0 fully saturated rings. The maximum absolute atomic E-state index is 12.4. The first kappa shape index (κ1) is 13.9. The highest BCUT2D eigenvalue weighted by atomic mass is 16.5. The number of benzene rings is 1. The van der Waals surface area contributed by atoms with Gasteiger partial charge in [0.25, 0.3) is 5.91 Å². The lowest BCUT2D eigenvalue weighted by atomic mass is 10.2. The molecule has 1 aromatic rings. The van der Waals surface area contributed by atoms with Crippen molar-refractivity contribution in [2.45, 2.75) is 26.3 Å². The summed E-state index contributed by atoms with van der Waals surface area (Å²) in [6, 6.07) is 8.26. The summed E-state index contributed by atoms with van der Waals surface area (Å²) in [5.41, 5.74) is 2.09. The summed E-state index contributed by atoms with van der Waals surface area (Å²) in [6.45, 7) is 5.67. The molecule has 2 rings (SSSR count). The van der Waals surface area contributed by atoms with Crippen LogP contribution in [0.15, 0.2) is 24.3 Å². The van der Waals surface area contributed by atoms with Crippen LogP contribution < -0.4 is 9.80 Å². The third-order valence-corrected chi connectivity index (χ3v) is 3.57. The van der Waals surface area contributed by atoms with E-state index in [0.29, 0.717) is 6.61 Å². The second-order valence-electron chi connectivity index (χ2n) is 4.95. The van der Waals surface area contributed by atoms with Crippen LogP contribution in [-0.2, 0) is 9.53 Å². The summed E-state index contributed by atoms with van der Waals surface area (Å²) >= 11 is 0. The van der Waals surface area contributed by atoms with Crippen LogP contribution in [0.4, 0.5) is 11.4 Å². The number of ether oxygens (including phenoxy) is 1. The molecule has 0 aromatic heterocycles. The van der Waals surface area contributed by atoms with Crippen molar-refractivity contribution in [2.75, 3.05) is 36.6 Å². The monoisotopic (exact) mass is 262 g/mol. The minimum atomic E-state index is 0.0390. The van der Waals surface area contributed by atoms with Crippen LogP contribution >= 0.6 is 0 Å². The van der Waals surface area contributed by atoms with Crippen molar-refractivity contribution in [3.8, 4) is 0 Å². The third-order valence-electron chi connectivity index (χ3n) is 3.57. The maximum atomic E-state index is 12.4. The van der Waals surface area contributed by atoms with Crippen LogP contribution in [0.2, 0.25) is 0 Å². The van der Waals surface area contributed by atoms with Gasteiger partial charge in [-0.1, -0.05) is 12.1 Å². The van der Waals surface area contributed by atoms with E-state index in [2.05, 4.69) is 24.9 Å². The molecule has 1 unspecified atom stereocenters. The lowest BCUT2D eigenvalue weighted by molar-refractivity contribution is -0.123. The molecule has 0 bridgehead atoms. The number of anilines is 2. The van der Waals surface area contributed by atoms with E-state index in [4.69, 9.17) is 4.74 Å². The number of amides is 1. The smallest absolute Gasteiger partial charge is 0.253 e. The molecule has 4 nitrogen and oxygen atoms in total. The molecule has 4 heteroatoms. The highest BCUT2D eigenvalue weighted by Gasteiger charge is 2.27. The summed E-state index contributed by atoms with van der Waals surface area (Å²) in [6.07, 6.45) is 0.961. The van der Waals surface area contributed by atoms with Crippen molar-refractivity contribution in [3.63, 3.8) is 0 Å². The number of hydrogen-bond donors (Lipinski definition) is 0. The fourth-order valence-corrected chi connectivity index (χ4v) is 2.50. The molecule has 1 aromatic carbocycles. The van der Waals surface area contributed by atoms with Gasteiger partial charge in [0.15, 0.2) is 0 Å². The Kier molecular flexibility index (Phi) is 4.43. The average molecular weight is 262 g/mol. The summed E-state index contributed by atoms with van der Waals surface area (Å²) < 4.78 is 5.27. The Morgan fingerprint density at radius 1 is 1.37 bits per heavy atom. The second kappa shape index (κ2) is 6.06. The molecule has 1 heterocycles. The van der Waals surface area contributed by atoms with Gasteiger partial charge < -0.3 is 14.5 Å². The Balaban J connectivity index is 2.34. The number of hydrogen-bond acceptors (Lipinski definition) is 3. The Bertz CT molecular complexity index is 448. The molecule has 0 saturated carbocycles. The van der Waals surface area contributed by atoms with Gasteiger partial charge in [-0.3, -0.25) is 4.79 Å². The topological polar surface area (TPSA) is 32.8 Å². The Labute approximate surface area is 115 Å². The molecule has 104 valence electrons. The Hall–Kier alpha value is -1.55. The van der Waals surface area contributed by atoms with Gasteiger partial charge in [0.05, 0.1) is 11.4 Å². The third kappa shape index (κ3) is 2.89. The van der Waals surface area contributed by atoms with E-state index in [0.717, 1.165) is 24.3 Å². The Morgan fingerprint density at radius 3 is 2.74 bits per heavy atom. The van der Waals surface area contributed by atoms with Crippen LogP contribution in [0.25, 0.3) is 0 Å². The number of para-hydroxylation sites is 2. The van der Waals surface area contributed by atoms with E-state index in [1.807, 2.05) is 30.0 Å². The Morgan fingerprint density at radius 2 is 2.05 bits per heavy atom. The van der Waals surface area contributed by atoms with Crippen molar-refractivity contribution in [1.29, 1.82) is 0 Å². The second-order valence-corrected chi connectivity index (χ2v) is 4.95. The summed E-state index contributed by atoms with van der Waals surface area (Å²) in [4.78, 5) is 16.5. The molecule has 1 amide bonds. The van der Waals surface area contributed by atoms with Crippen molar-refractivity contribution in [2.24, 2.45) is 0 Å². The highest BCUT2D eigenvalue weighted by Crippen LogP contribution is 2.33. The summed E-state index contributed by atoms with van der Waals surface area (Å²) in [7, 11) is 2.07. The van der Waals surface area contributed by atoms with Crippen LogP contribution in [0.1, 0.15) is 20.3 Å². The van der Waals surface area contributed by atoms with Crippen molar-refractivity contribution in [1.82, 2.24) is 0 Å². The molecule has 0 radical (unpaired) electrons. The molecule has 0 aliphatic carbocycles. The van der Waals surface area contributed by atoms with Crippen molar-refractivity contribution in [3.05, 3.63) is 24.3 Å². The van der Waals surface area contributed by atoms with Crippen molar-refractivity contribution < 1.29 is 9.53 Å². The van der Waals surface area contributed by atoms with Gasteiger partial charge in [-0.25, -0.2) is 0 Å². The summed E-state index contributed by atoms with van der Waals surface area (Å²) in [5.74, 6) is 0.0390. The van der Waals surface area contributed by atoms with Gasteiger partial charge >= 0.3 is 0 Å². The number of rotatable bonds is 3. The minimum Gasteiger partial charge on any atom is -0.373 e. The lowest BCUT2D eigenvalue weighted by Crippen LogP contribution is -2.40. The predicted octanol–water partition coefficient (Wildman–Crippen LogP) is 2.28. The first-order valence-electron chi connectivity index (χ1n) is 6.85. The fraction of sp³-hybridized carbons (Fsp3) is 0.533. The number of fused-ring (bicyclic) bond motifs is 1. The minimum absolute atomic E-state index is 0.0390. The predicted molar refractivity (Wildman–Crippen MR) is 77.8 cm³/mol. The van der Waals surface area contributed by atoms with Gasteiger partial charge in [-0.05, 0) is 32.4 Å². The van der Waals surface area contributed by atoms with E-state index in [-0.39, 0.29) is 18.6 Å². The van der Waals surface area contributed by atoms with Crippen molar-refractivity contribution >= 4 is 17.3 Å². The lowest BCUT2D eigenvalue weighted by Gasteiger charge is -2.28. The first-order chi connectivity index (χ1) is 9.15. The van der Waals surface area contributed by atoms with E-state index < -0.39 is 0 Å². The molecule has 0 spiro atoms. The van der Waals surface area contributed by atoms with Gasteiger partial charge in [0, 0.05) is 26.2 Å². The van der Waals surface area contributed by atoms with E-state index >= 15 is 0 Å². The van der Waals surface area contributed by atoms with Gasteiger partial charge in [0.1, 0.15) is 6.61 Å². The molecule has 1 aliphatic rings. The van der Waals surface area contributed by atoms with Crippen LogP contribution in [0.5, 0.6) is 0 Å². The molecular weight excluding hydrogens is 240 g/mol. The largest absolute Gasteiger partial charge is 0.373 e. The van der Waals surface area contributed by atoms with Crippen LogP contribution in [-0.4, -0.2) is 38.8 Å². The SMILES string of the molecule is CCOCC(=O)N1c2ccccc2N(C)CCC1C. The van der Waals surface area contributed by atoms with Gasteiger partial charge in [0.2, 0.25) is 0 Å². The average Bonchev–Trinajstić information content (AvgIpc) is 2.54. The van der Waals surface area contributed by atoms with Crippen LogP contribution in [0, 0.1) is 0 Å². The zero-order valence-corrected chi connectivity index (χ0v) is 11.9. The van der Waals surface area contributed by atoms with Crippen LogP contribution in [0.3, 0.4) is 0 Å². The fourth-order valence-electron chi connectivity index (χ4n) is 2.50. The molecule has 1 aliphatic heterocycles. The molecule has 1 atom stereocenters. The maximum Gasteiger partial charge on any atom is 0.253 e. The molecule has 0 saturated heterocycles. The molecule has 19 heavy (non-hydrogen) atoms. The van der Waals surface area contributed by atoms with E-state index in [1.54, 1.807) is 0 Å². The van der Waals surface area contributed by atoms with Gasteiger partial charge in [-0.15, -0.1) is 0 Å². The van der Waals surface area contributed by atoms with E-state index in [1.165, 1.54) is 0 Å². The van der Waals surface area contributed by atoms with Gasteiger partial charge in [-0.2, -0.15) is 0 Å². The zero-order chi connectivity index (χ0) is 13.8. The normalized spacial score (nSPS) is 19.0. The highest BCUT2D eigenvalue weighted by molar-refractivity contribution is 5.98. The zero-order valence-electron chi connectivity index (χ0n) is 11.9. The number of nitrogens with zero attached hydrogens (tertiary/aromatic N) is 2. The first-order valence-corrected chi connectivity index (χ1v) is 6.85. The molecule has 0 N–H and O–H groups in total. The quantitative estimate of drug-likeness (QED) is 0.838. The number of carbonyl (C=O) groups is 1. The standard InChI is InChI=1S/C15H22N2O2/c1-4-19-11-15(18)17-12(2)9-10-16(3)13-7-5-6-8-14(13)17/h5-8,12H,4,9-11H2,1-3H3. The summed E-state index contributed by atoms with van der Waals surface area (Å²) in [5, 5.41) is 0. The van der Waals surface area contributed by atoms with E-state index in [9.17, 15) is 4.79 Å². The molecular formula is C15H22N2O2. The number of carbonyl (C=O) groups excluding carboxylic acids is 1.